The molecule has 0 saturated carbocycles. The van der Waals surface area contributed by atoms with Gasteiger partial charge in [0.2, 0.25) is 9.84 Å². The van der Waals surface area contributed by atoms with Gasteiger partial charge in [0.05, 0.1) is 9.79 Å². The van der Waals surface area contributed by atoms with E-state index in [9.17, 15) is 8.42 Å². The third-order valence-corrected chi connectivity index (χ3v) is 5.67. The fourth-order valence-electron chi connectivity index (χ4n) is 2.03. The number of rotatable bonds is 4. The van der Waals surface area contributed by atoms with Crippen molar-refractivity contribution in [2.45, 2.75) is 42.4 Å². The second kappa shape index (κ2) is 5.41. The van der Waals surface area contributed by atoms with Gasteiger partial charge in [-0.25, -0.2) is 8.42 Å². The predicted octanol–water partition coefficient (Wildman–Crippen LogP) is 4.21. The lowest BCUT2D eigenvalue weighted by Crippen LogP contribution is -2.15. The molecule has 2 nitrogen and oxygen atoms in total. The van der Waals surface area contributed by atoms with Crippen molar-refractivity contribution in [3.63, 3.8) is 0 Å². The summed E-state index contributed by atoms with van der Waals surface area (Å²) in [4.78, 5) is 0.682. The van der Waals surface area contributed by atoms with Crippen LogP contribution in [0.1, 0.15) is 32.8 Å². The van der Waals surface area contributed by atoms with Crippen LogP contribution in [0.2, 0.25) is 0 Å². The van der Waals surface area contributed by atoms with E-state index in [0.717, 1.165) is 12.0 Å². The van der Waals surface area contributed by atoms with Crippen LogP contribution in [-0.2, 0) is 15.3 Å². The van der Waals surface area contributed by atoms with Gasteiger partial charge in [0.25, 0.3) is 0 Å². The van der Waals surface area contributed by atoms with Gasteiger partial charge in [-0.3, -0.25) is 0 Å². The van der Waals surface area contributed by atoms with Crippen LogP contribution in [0.5, 0.6) is 0 Å². The second-order valence-corrected chi connectivity index (χ2v) is 7.53. The summed E-state index contributed by atoms with van der Waals surface area (Å²) in [6.07, 6.45) is 1.01. The van der Waals surface area contributed by atoms with Crippen molar-refractivity contribution >= 4 is 9.84 Å². The van der Waals surface area contributed by atoms with Gasteiger partial charge in [-0.15, -0.1) is 0 Å². The number of hydrogen-bond acceptors (Lipinski definition) is 2. The van der Waals surface area contributed by atoms with Crippen molar-refractivity contribution in [3.8, 4) is 0 Å². The smallest absolute Gasteiger partial charge is 0.206 e. The summed E-state index contributed by atoms with van der Waals surface area (Å²) in [6.45, 7) is 6.45. The summed E-state index contributed by atoms with van der Waals surface area (Å²) < 4.78 is 24.9. The van der Waals surface area contributed by atoms with E-state index in [4.69, 9.17) is 0 Å². The maximum Gasteiger partial charge on any atom is 0.206 e. The highest BCUT2D eigenvalue weighted by atomic mass is 32.2. The van der Waals surface area contributed by atoms with Gasteiger partial charge in [-0.05, 0) is 41.7 Å². The average Bonchev–Trinajstić information content (AvgIpc) is 2.48. The standard InChI is InChI=1S/C17H20O2S/c1-4-17(2,3)14-10-12-16(13-11-14)20(18,19)15-8-6-5-7-9-15/h5-13H,4H2,1-3H3. The Morgan fingerprint density at radius 1 is 0.850 bits per heavy atom. The van der Waals surface area contributed by atoms with E-state index in [1.54, 1.807) is 36.4 Å². The SMILES string of the molecule is CCC(C)(C)c1ccc(S(=O)(=O)c2ccccc2)cc1. The van der Waals surface area contributed by atoms with Gasteiger partial charge in [-0.2, -0.15) is 0 Å². The molecule has 0 spiro atoms. The Labute approximate surface area is 121 Å². The zero-order valence-electron chi connectivity index (χ0n) is 12.1. The molecule has 0 radical (unpaired) electrons. The molecule has 0 N–H and O–H groups in total. The van der Waals surface area contributed by atoms with Crippen LogP contribution in [0.15, 0.2) is 64.4 Å². The van der Waals surface area contributed by atoms with Crippen LogP contribution < -0.4 is 0 Å². The molecule has 20 heavy (non-hydrogen) atoms. The summed E-state index contributed by atoms with van der Waals surface area (Å²) in [7, 11) is -3.41. The lowest BCUT2D eigenvalue weighted by Gasteiger charge is -2.23. The zero-order valence-corrected chi connectivity index (χ0v) is 12.9. The van der Waals surface area contributed by atoms with Gasteiger partial charge in [0.1, 0.15) is 0 Å². The zero-order chi connectivity index (χ0) is 14.8. The van der Waals surface area contributed by atoms with Gasteiger partial charge in [0, 0.05) is 0 Å². The molecule has 3 heteroatoms. The second-order valence-electron chi connectivity index (χ2n) is 5.58. The molecule has 2 aromatic rings. The highest BCUT2D eigenvalue weighted by Crippen LogP contribution is 2.28. The highest BCUT2D eigenvalue weighted by molar-refractivity contribution is 7.91. The molecule has 2 aromatic carbocycles. The minimum absolute atomic E-state index is 0.0645. The van der Waals surface area contributed by atoms with E-state index in [-0.39, 0.29) is 5.41 Å². The first-order chi connectivity index (χ1) is 9.38. The molecule has 2 rings (SSSR count). The van der Waals surface area contributed by atoms with Crippen molar-refractivity contribution in [3.05, 3.63) is 60.2 Å². The molecule has 0 aromatic heterocycles. The molecule has 0 atom stereocenters. The number of sulfone groups is 1. The Kier molecular flexibility index (Phi) is 4.00. The van der Waals surface area contributed by atoms with Crippen molar-refractivity contribution in [1.82, 2.24) is 0 Å². The Morgan fingerprint density at radius 3 is 1.85 bits per heavy atom. The maximum absolute atomic E-state index is 12.5. The molecule has 0 unspecified atom stereocenters. The Hall–Kier alpha value is -1.61. The van der Waals surface area contributed by atoms with Crippen molar-refractivity contribution in [1.29, 1.82) is 0 Å². The van der Waals surface area contributed by atoms with E-state index in [2.05, 4.69) is 20.8 Å². The van der Waals surface area contributed by atoms with Crippen molar-refractivity contribution in [2.24, 2.45) is 0 Å². The molecule has 0 aliphatic heterocycles. The van der Waals surface area contributed by atoms with Crippen LogP contribution >= 0.6 is 0 Å². The van der Waals surface area contributed by atoms with Crippen LogP contribution in [0.4, 0.5) is 0 Å². The largest absolute Gasteiger partial charge is 0.219 e. The minimum atomic E-state index is -3.41. The molecule has 0 amide bonds. The fourth-order valence-corrected chi connectivity index (χ4v) is 3.31. The average molecular weight is 288 g/mol. The van der Waals surface area contributed by atoms with Gasteiger partial charge < -0.3 is 0 Å². The lowest BCUT2D eigenvalue weighted by molar-refractivity contribution is 0.506. The van der Waals surface area contributed by atoms with Gasteiger partial charge in [-0.1, -0.05) is 51.1 Å². The molecule has 0 bridgehead atoms. The molecule has 106 valence electrons. The van der Waals surface area contributed by atoms with E-state index in [0.29, 0.717) is 9.79 Å². The third-order valence-electron chi connectivity index (χ3n) is 3.88. The lowest BCUT2D eigenvalue weighted by atomic mass is 9.82. The van der Waals surface area contributed by atoms with Gasteiger partial charge >= 0.3 is 0 Å². The summed E-state index contributed by atoms with van der Waals surface area (Å²) in [5.74, 6) is 0. The quantitative estimate of drug-likeness (QED) is 0.844. The first-order valence-corrected chi connectivity index (χ1v) is 8.27. The first kappa shape index (κ1) is 14.8. The summed E-state index contributed by atoms with van der Waals surface area (Å²) >= 11 is 0. The first-order valence-electron chi connectivity index (χ1n) is 6.78. The molecule has 0 aliphatic rings. The molecule has 0 fully saturated rings. The highest BCUT2D eigenvalue weighted by Gasteiger charge is 2.21. The molecule has 0 saturated heterocycles. The van der Waals surface area contributed by atoms with E-state index < -0.39 is 9.84 Å². The molecular formula is C17H20O2S. The maximum atomic E-state index is 12.5. The van der Waals surface area contributed by atoms with Crippen molar-refractivity contribution < 1.29 is 8.42 Å². The Morgan fingerprint density at radius 2 is 1.35 bits per heavy atom. The van der Waals surface area contributed by atoms with Crippen LogP contribution in [0.25, 0.3) is 0 Å². The normalized spacial score (nSPS) is 12.3. The monoisotopic (exact) mass is 288 g/mol. The summed E-state index contributed by atoms with van der Waals surface area (Å²) in [5, 5.41) is 0. The van der Waals surface area contributed by atoms with E-state index in [1.165, 1.54) is 0 Å². The Bertz CT molecular complexity index is 669. The topological polar surface area (TPSA) is 34.1 Å². The molecular weight excluding hydrogens is 268 g/mol. The summed E-state index contributed by atoms with van der Waals surface area (Å²) in [6, 6.07) is 15.8. The minimum Gasteiger partial charge on any atom is -0.219 e. The van der Waals surface area contributed by atoms with E-state index >= 15 is 0 Å². The fraction of sp³-hybridized carbons (Fsp3) is 0.294. The predicted molar refractivity (Wildman–Crippen MR) is 81.7 cm³/mol. The molecule has 0 heterocycles. The van der Waals surface area contributed by atoms with Crippen LogP contribution in [0, 0.1) is 0 Å². The molecule has 0 aliphatic carbocycles. The van der Waals surface area contributed by atoms with E-state index in [1.807, 2.05) is 18.2 Å². The van der Waals surface area contributed by atoms with Crippen LogP contribution in [0.3, 0.4) is 0 Å². The Balaban J connectivity index is 2.41. The van der Waals surface area contributed by atoms with Crippen LogP contribution in [-0.4, -0.2) is 8.42 Å². The third kappa shape index (κ3) is 2.78. The number of benzene rings is 2. The van der Waals surface area contributed by atoms with Crippen molar-refractivity contribution in [2.75, 3.05) is 0 Å². The van der Waals surface area contributed by atoms with Gasteiger partial charge in [0.15, 0.2) is 0 Å². The summed E-state index contributed by atoms with van der Waals surface area (Å²) in [5.41, 5.74) is 1.22. The number of hydrogen-bond donors (Lipinski definition) is 0.